The predicted octanol–water partition coefficient (Wildman–Crippen LogP) is 4.65. The molecule has 0 amide bonds. The maximum absolute atomic E-state index is 10.5. The van der Waals surface area contributed by atoms with Crippen molar-refractivity contribution in [3.05, 3.63) is 46.7 Å². The largest absolute Gasteiger partial charge is 0.508 e. The predicted molar refractivity (Wildman–Crippen MR) is 78.8 cm³/mol. The second-order valence-electron chi connectivity index (χ2n) is 4.87. The van der Waals surface area contributed by atoms with Crippen molar-refractivity contribution in [3.63, 3.8) is 0 Å². The van der Waals surface area contributed by atoms with Gasteiger partial charge in [-0.25, -0.2) is 0 Å². The highest BCUT2D eigenvalue weighted by molar-refractivity contribution is 7.08. The van der Waals surface area contributed by atoms with Crippen molar-refractivity contribution in [1.29, 1.82) is 0 Å². The molecule has 2 aromatic rings. The Kier molecular flexibility index (Phi) is 3.30. The van der Waals surface area contributed by atoms with Gasteiger partial charge in [0, 0.05) is 17.0 Å². The zero-order chi connectivity index (χ0) is 13.2. The lowest BCUT2D eigenvalue weighted by atomic mass is 9.86. The monoisotopic (exact) mass is 272 g/mol. The molecule has 0 saturated heterocycles. The molecular formula is C16H16O2S. The first-order chi connectivity index (χ1) is 9.27. The average Bonchev–Trinajstić information content (AvgIpc) is 2.94. The Morgan fingerprint density at radius 3 is 2.74 bits per heavy atom. The molecule has 1 heterocycles. The lowest BCUT2D eigenvalue weighted by Gasteiger charge is -2.20. The van der Waals surface area contributed by atoms with E-state index in [1.165, 1.54) is 0 Å². The molecule has 2 N–H and O–H groups in total. The highest BCUT2D eigenvalue weighted by Gasteiger charge is 2.21. The molecular weight excluding hydrogens is 256 g/mol. The second kappa shape index (κ2) is 5.10. The van der Waals surface area contributed by atoms with E-state index >= 15 is 0 Å². The second-order valence-corrected chi connectivity index (χ2v) is 5.65. The zero-order valence-corrected chi connectivity index (χ0v) is 11.4. The Morgan fingerprint density at radius 1 is 1.16 bits per heavy atom. The molecule has 98 valence electrons. The zero-order valence-electron chi connectivity index (χ0n) is 10.5. The summed E-state index contributed by atoms with van der Waals surface area (Å²) in [4.78, 5) is 0. The number of phenols is 2. The van der Waals surface area contributed by atoms with Crippen LogP contribution in [0, 0.1) is 0 Å². The first-order valence-electron chi connectivity index (χ1n) is 6.51. The van der Waals surface area contributed by atoms with E-state index in [4.69, 9.17) is 0 Å². The van der Waals surface area contributed by atoms with Crippen LogP contribution in [-0.2, 0) is 0 Å². The molecule has 0 aliphatic heterocycles. The van der Waals surface area contributed by atoms with Crippen molar-refractivity contribution >= 4 is 11.3 Å². The van der Waals surface area contributed by atoms with Gasteiger partial charge in [0.15, 0.2) is 0 Å². The SMILES string of the molecule is Oc1ccc(-c2ccsc2)c(O)c1C1C=CCCC1. The van der Waals surface area contributed by atoms with Gasteiger partial charge in [0.25, 0.3) is 0 Å². The lowest BCUT2D eigenvalue weighted by molar-refractivity contribution is 0.431. The van der Waals surface area contributed by atoms with E-state index < -0.39 is 0 Å². The normalized spacial score (nSPS) is 18.6. The van der Waals surface area contributed by atoms with Gasteiger partial charge in [-0.1, -0.05) is 12.2 Å². The standard InChI is InChI=1S/C16H16O2S/c17-14-7-6-13(12-8-9-19-10-12)16(18)15(14)11-4-2-1-3-5-11/h2,4,6-11,17-18H,1,3,5H2. The van der Waals surface area contributed by atoms with Gasteiger partial charge >= 0.3 is 0 Å². The first kappa shape index (κ1) is 12.3. The Balaban J connectivity index is 2.11. The van der Waals surface area contributed by atoms with Crippen LogP contribution in [0.1, 0.15) is 30.7 Å². The molecule has 1 aromatic heterocycles. The fourth-order valence-corrected chi connectivity index (χ4v) is 3.32. The molecule has 1 aromatic carbocycles. The quantitative estimate of drug-likeness (QED) is 0.781. The summed E-state index contributed by atoms with van der Waals surface area (Å²) in [7, 11) is 0. The van der Waals surface area contributed by atoms with Crippen molar-refractivity contribution in [1.82, 2.24) is 0 Å². The maximum atomic E-state index is 10.5. The molecule has 1 unspecified atom stereocenters. The summed E-state index contributed by atoms with van der Waals surface area (Å²) in [5, 5.41) is 24.6. The minimum Gasteiger partial charge on any atom is -0.508 e. The van der Waals surface area contributed by atoms with Crippen LogP contribution in [0.2, 0.25) is 0 Å². The summed E-state index contributed by atoms with van der Waals surface area (Å²) >= 11 is 1.60. The average molecular weight is 272 g/mol. The third-order valence-electron chi connectivity index (χ3n) is 3.65. The van der Waals surface area contributed by atoms with Gasteiger partial charge < -0.3 is 10.2 Å². The van der Waals surface area contributed by atoms with Crippen molar-refractivity contribution in [2.24, 2.45) is 0 Å². The number of allylic oxidation sites excluding steroid dienone is 2. The van der Waals surface area contributed by atoms with Crippen molar-refractivity contribution in [2.75, 3.05) is 0 Å². The summed E-state index contributed by atoms with van der Waals surface area (Å²) in [5.74, 6) is 0.523. The fourth-order valence-electron chi connectivity index (χ4n) is 2.67. The lowest BCUT2D eigenvalue weighted by Crippen LogP contribution is -2.01. The van der Waals surface area contributed by atoms with Crippen molar-refractivity contribution in [2.45, 2.75) is 25.2 Å². The highest BCUT2D eigenvalue weighted by atomic mass is 32.1. The summed E-state index contributed by atoms with van der Waals surface area (Å²) in [5.41, 5.74) is 2.47. The van der Waals surface area contributed by atoms with E-state index in [1.54, 1.807) is 23.5 Å². The summed E-state index contributed by atoms with van der Waals surface area (Å²) in [6.07, 6.45) is 7.38. The molecule has 1 aliphatic rings. The van der Waals surface area contributed by atoms with E-state index in [-0.39, 0.29) is 17.4 Å². The Bertz CT molecular complexity index is 599. The van der Waals surface area contributed by atoms with E-state index in [0.29, 0.717) is 5.56 Å². The topological polar surface area (TPSA) is 40.5 Å². The van der Waals surface area contributed by atoms with Crippen LogP contribution in [-0.4, -0.2) is 10.2 Å². The minimum absolute atomic E-state index is 0.118. The number of benzene rings is 1. The Labute approximate surface area is 116 Å². The molecule has 19 heavy (non-hydrogen) atoms. The molecule has 0 saturated carbocycles. The Morgan fingerprint density at radius 2 is 2.05 bits per heavy atom. The number of aromatic hydroxyl groups is 2. The van der Waals surface area contributed by atoms with Gasteiger partial charge in [-0.3, -0.25) is 0 Å². The van der Waals surface area contributed by atoms with Gasteiger partial charge in [-0.2, -0.15) is 11.3 Å². The van der Waals surface area contributed by atoms with Crippen LogP contribution in [0.25, 0.3) is 11.1 Å². The first-order valence-corrected chi connectivity index (χ1v) is 7.45. The van der Waals surface area contributed by atoms with E-state index in [9.17, 15) is 10.2 Å². The molecule has 0 radical (unpaired) electrons. The van der Waals surface area contributed by atoms with Crippen LogP contribution < -0.4 is 0 Å². The molecule has 0 spiro atoms. The molecule has 0 bridgehead atoms. The molecule has 0 fully saturated rings. The van der Waals surface area contributed by atoms with Gasteiger partial charge in [0.2, 0.25) is 0 Å². The van der Waals surface area contributed by atoms with Crippen LogP contribution in [0.3, 0.4) is 0 Å². The summed E-state index contributed by atoms with van der Waals surface area (Å²) in [6.45, 7) is 0. The van der Waals surface area contributed by atoms with E-state index in [2.05, 4.69) is 12.2 Å². The number of rotatable bonds is 2. The van der Waals surface area contributed by atoms with Crippen LogP contribution in [0.15, 0.2) is 41.1 Å². The van der Waals surface area contributed by atoms with Crippen LogP contribution in [0.4, 0.5) is 0 Å². The third-order valence-corrected chi connectivity index (χ3v) is 4.33. The minimum atomic E-state index is 0.118. The van der Waals surface area contributed by atoms with Crippen molar-refractivity contribution in [3.8, 4) is 22.6 Å². The maximum Gasteiger partial charge on any atom is 0.130 e. The number of phenolic OH excluding ortho intramolecular Hbond substituents is 2. The molecule has 3 rings (SSSR count). The molecule has 1 atom stereocenters. The summed E-state index contributed by atoms with van der Waals surface area (Å²) in [6, 6.07) is 5.45. The highest BCUT2D eigenvalue weighted by Crippen LogP contribution is 2.44. The van der Waals surface area contributed by atoms with Gasteiger partial charge in [0.1, 0.15) is 11.5 Å². The molecule has 2 nitrogen and oxygen atoms in total. The van der Waals surface area contributed by atoms with Gasteiger partial charge in [0.05, 0.1) is 0 Å². The van der Waals surface area contributed by atoms with E-state index in [0.717, 1.165) is 30.4 Å². The number of thiophene rings is 1. The fraction of sp³-hybridized carbons (Fsp3) is 0.250. The number of hydrogen-bond donors (Lipinski definition) is 2. The third kappa shape index (κ3) is 2.26. The van der Waals surface area contributed by atoms with Crippen LogP contribution >= 0.6 is 11.3 Å². The molecule has 3 heteroatoms. The van der Waals surface area contributed by atoms with Crippen LogP contribution in [0.5, 0.6) is 11.5 Å². The number of hydrogen-bond acceptors (Lipinski definition) is 3. The van der Waals surface area contributed by atoms with E-state index in [1.807, 2.05) is 16.8 Å². The molecule has 1 aliphatic carbocycles. The van der Waals surface area contributed by atoms with Crippen molar-refractivity contribution < 1.29 is 10.2 Å². The smallest absolute Gasteiger partial charge is 0.130 e. The Hall–Kier alpha value is -1.74. The van der Waals surface area contributed by atoms with Gasteiger partial charge in [-0.05, 0) is 53.8 Å². The van der Waals surface area contributed by atoms with Gasteiger partial charge in [-0.15, -0.1) is 0 Å². The summed E-state index contributed by atoms with van der Waals surface area (Å²) < 4.78 is 0.